The number of non-ortho nitro benzene ring substituents is 1. The summed E-state index contributed by atoms with van der Waals surface area (Å²) in [5.41, 5.74) is 2.31. The molecule has 1 heterocycles. The molecule has 126 valence electrons. The molecule has 1 aromatic heterocycles. The van der Waals surface area contributed by atoms with Crippen molar-refractivity contribution in [2.45, 2.75) is 58.4 Å². The SMILES string of the molecule is CCCCCc1cn(CCCCCF)c2cc([N+](=O)[O-])ccc12. The van der Waals surface area contributed by atoms with Gasteiger partial charge in [0, 0.05) is 30.3 Å². The number of benzene rings is 1. The second kappa shape index (κ2) is 8.65. The predicted molar refractivity (Wildman–Crippen MR) is 91.6 cm³/mol. The summed E-state index contributed by atoms with van der Waals surface area (Å²) < 4.78 is 14.3. The molecule has 0 spiro atoms. The third-order valence-corrected chi connectivity index (χ3v) is 4.24. The van der Waals surface area contributed by atoms with Crippen molar-refractivity contribution in [1.82, 2.24) is 4.57 Å². The summed E-state index contributed by atoms with van der Waals surface area (Å²) in [5.74, 6) is 0. The Hall–Kier alpha value is -1.91. The number of rotatable bonds is 10. The van der Waals surface area contributed by atoms with Gasteiger partial charge in [-0.15, -0.1) is 0 Å². The lowest BCUT2D eigenvalue weighted by Gasteiger charge is -2.04. The van der Waals surface area contributed by atoms with E-state index in [2.05, 4.69) is 17.7 Å². The molecule has 0 aliphatic heterocycles. The maximum atomic E-state index is 12.2. The zero-order chi connectivity index (χ0) is 16.7. The monoisotopic (exact) mass is 320 g/mol. The number of aromatic nitrogens is 1. The summed E-state index contributed by atoms with van der Waals surface area (Å²) in [7, 11) is 0. The number of aryl methyl sites for hydroxylation is 2. The highest BCUT2D eigenvalue weighted by atomic mass is 19.1. The number of fused-ring (bicyclic) bond motifs is 1. The van der Waals surface area contributed by atoms with Gasteiger partial charge in [0.05, 0.1) is 17.1 Å². The standard InChI is InChI=1S/C18H25FN2O2/c1-2-3-5-8-15-14-20(12-7-4-6-11-19)18-13-16(21(22)23)9-10-17(15)18/h9-10,13-14H,2-8,11-12H2,1H3. The van der Waals surface area contributed by atoms with E-state index in [-0.39, 0.29) is 17.3 Å². The van der Waals surface area contributed by atoms with Crippen LogP contribution in [0.1, 0.15) is 51.0 Å². The first-order valence-electron chi connectivity index (χ1n) is 8.49. The number of halogens is 1. The van der Waals surface area contributed by atoms with Crippen LogP contribution in [0.2, 0.25) is 0 Å². The third kappa shape index (κ3) is 4.53. The molecule has 2 aromatic rings. The van der Waals surface area contributed by atoms with Gasteiger partial charge in [-0.2, -0.15) is 0 Å². The van der Waals surface area contributed by atoms with Gasteiger partial charge in [-0.05, 0) is 43.7 Å². The number of nitro benzene ring substituents is 1. The smallest absolute Gasteiger partial charge is 0.271 e. The first-order valence-corrected chi connectivity index (χ1v) is 8.49. The normalized spacial score (nSPS) is 11.2. The first-order chi connectivity index (χ1) is 11.2. The lowest BCUT2D eigenvalue weighted by molar-refractivity contribution is -0.384. The van der Waals surface area contributed by atoms with E-state index in [0.717, 1.165) is 43.1 Å². The van der Waals surface area contributed by atoms with E-state index in [0.29, 0.717) is 6.42 Å². The molecule has 0 radical (unpaired) electrons. The average molecular weight is 320 g/mol. The topological polar surface area (TPSA) is 48.1 Å². The van der Waals surface area contributed by atoms with Crippen LogP contribution in [-0.2, 0) is 13.0 Å². The lowest BCUT2D eigenvalue weighted by atomic mass is 10.1. The molecule has 23 heavy (non-hydrogen) atoms. The van der Waals surface area contributed by atoms with Crippen molar-refractivity contribution >= 4 is 16.6 Å². The van der Waals surface area contributed by atoms with Gasteiger partial charge in [-0.25, -0.2) is 0 Å². The molecular formula is C18H25FN2O2. The van der Waals surface area contributed by atoms with Crippen molar-refractivity contribution in [3.8, 4) is 0 Å². The van der Waals surface area contributed by atoms with Crippen LogP contribution in [-0.4, -0.2) is 16.2 Å². The Bertz CT molecular complexity index is 652. The van der Waals surface area contributed by atoms with Crippen LogP contribution in [0.5, 0.6) is 0 Å². The minimum absolute atomic E-state index is 0.126. The van der Waals surface area contributed by atoms with E-state index in [9.17, 15) is 14.5 Å². The fourth-order valence-electron chi connectivity index (χ4n) is 2.97. The van der Waals surface area contributed by atoms with Gasteiger partial charge in [0.1, 0.15) is 0 Å². The van der Waals surface area contributed by atoms with Crippen molar-refractivity contribution < 1.29 is 9.31 Å². The van der Waals surface area contributed by atoms with Crippen molar-refractivity contribution in [2.24, 2.45) is 0 Å². The zero-order valence-corrected chi connectivity index (χ0v) is 13.8. The van der Waals surface area contributed by atoms with Crippen LogP contribution < -0.4 is 0 Å². The second-order valence-electron chi connectivity index (χ2n) is 6.01. The van der Waals surface area contributed by atoms with Crippen LogP contribution in [0, 0.1) is 10.1 Å². The van der Waals surface area contributed by atoms with Gasteiger partial charge < -0.3 is 4.57 Å². The van der Waals surface area contributed by atoms with Crippen molar-refractivity contribution in [3.05, 3.63) is 40.1 Å². The number of nitrogens with zero attached hydrogens (tertiary/aromatic N) is 2. The molecule has 0 saturated carbocycles. The minimum Gasteiger partial charge on any atom is -0.347 e. The van der Waals surface area contributed by atoms with E-state index in [1.165, 1.54) is 18.4 Å². The Balaban J connectivity index is 2.26. The van der Waals surface area contributed by atoms with E-state index < -0.39 is 0 Å². The Morgan fingerprint density at radius 1 is 1.17 bits per heavy atom. The second-order valence-corrected chi connectivity index (χ2v) is 6.01. The molecule has 2 rings (SSSR count). The summed E-state index contributed by atoms with van der Waals surface area (Å²) in [5, 5.41) is 12.1. The quantitative estimate of drug-likeness (QED) is 0.333. The fraction of sp³-hybridized carbons (Fsp3) is 0.556. The largest absolute Gasteiger partial charge is 0.347 e. The molecule has 0 fully saturated rings. The highest BCUT2D eigenvalue weighted by molar-refractivity contribution is 5.86. The number of unbranched alkanes of at least 4 members (excludes halogenated alkanes) is 4. The molecule has 0 bridgehead atoms. The molecule has 0 aliphatic carbocycles. The van der Waals surface area contributed by atoms with Gasteiger partial charge in [0.2, 0.25) is 0 Å². The van der Waals surface area contributed by atoms with Gasteiger partial charge in [-0.1, -0.05) is 19.8 Å². The first kappa shape index (κ1) is 17.4. The summed E-state index contributed by atoms with van der Waals surface area (Å²) in [4.78, 5) is 10.7. The maximum Gasteiger partial charge on any atom is 0.271 e. The summed E-state index contributed by atoms with van der Waals surface area (Å²) in [6.45, 7) is 2.68. The van der Waals surface area contributed by atoms with Crippen LogP contribution >= 0.6 is 0 Å². The summed E-state index contributed by atoms with van der Waals surface area (Å²) in [6, 6.07) is 5.11. The zero-order valence-electron chi connectivity index (χ0n) is 13.8. The Morgan fingerprint density at radius 2 is 2.00 bits per heavy atom. The number of hydrogen-bond donors (Lipinski definition) is 0. The van der Waals surface area contributed by atoms with E-state index >= 15 is 0 Å². The van der Waals surface area contributed by atoms with Gasteiger partial charge in [-0.3, -0.25) is 14.5 Å². The molecular weight excluding hydrogens is 295 g/mol. The highest BCUT2D eigenvalue weighted by Gasteiger charge is 2.13. The third-order valence-electron chi connectivity index (χ3n) is 4.24. The lowest BCUT2D eigenvalue weighted by Crippen LogP contribution is -1.97. The van der Waals surface area contributed by atoms with Gasteiger partial charge in [0.25, 0.3) is 5.69 Å². The molecule has 0 aliphatic rings. The molecule has 0 unspecified atom stereocenters. The Kier molecular flexibility index (Phi) is 6.56. The van der Waals surface area contributed by atoms with Gasteiger partial charge >= 0.3 is 0 Å². The number of nitro groups is 1. The Morgan fingerprint density at radius 3 is 2.70 bits per heavy atom. The summed E-state index contributed by atoms with van der Waals surface area (Å²) >= 11 is 0. The summed E-state index contributed by atoms with van der Waals surface area (Å²) in [6.07, 6.45) is 8.95. The number of alkyl halides is 1. The number of hydrogen-bond acceptors (Lipinski definition) is 2. The van der Waals surface area contributed by atoms with Gasteiger partial charge in [0.15, 0.2) is 0 Å². The van der Waals surface area contributed by atoms with Crippen LogP contribution in [0.3, 0.4) is 0 Å². The fourth-order valence-corrected chi connectivity index (χ4v) is 2.97. The average Bonchev–Trinajstić information content (AvgIpc) is 2.89. The molecule has 0 N–H and O–H groups in total. The van der Waals surface area contributed by atoms with E-state index in [1.807, 2.05) is 6.07 Å². The van der Waals surface area contributed by atoms with Crippen LogP contribution in [0.4, 0.5) is 10.1 Å². The predicted octanol–water partition coefficient (Wildman–Crippen LogP) is 5.42. The molecule has 5 heteroatoms. The minimum atomic E-state index is -0.351. The van der Waals surface area contributed by atoms with E-state index in [1.54, 1.807) is 12.1 Å². The molecule has 0 amide bonds. The van der Waals surface area contributed by atoms with Crippen LogP contribution in [0.15, 0.2) is 24.4 Å². The molecule has 0 saturated heterocycles. The molecule has 0 atom stereocenters. The van der Waals surface area contributed by atoms with Crippen molar-refractivity contribution in [3.63, 3.8) is 0 Å². The molecule has 4 nitrogen and oxygen atoms in total. The Labute approximate surface area is 136 Å². The van der Waals surface area contributed by atoms with Crippen molar-refractivity contribution in [2.75, 3.05) is 6.67 Å². The van der Waals surface area contributed by atoms with E-state index in [4.69, 9.17) is 0 Å². The highest BCUT2D eigenvalue weighted by Crippen LogP contribution is 2.27. The van der Waals surface area contributed by atoms with Crippen LogP contribution in [0.25, 0.3) is 10.9 Å². The van der Waals surface area contributed by atoms with Crippen molar-refractivity contribution in [1.29, 1.82) is 0 Å². The molecule has 1 aromatic carbocycles. The maximum absolute atomic E-state index is 12.2.